The minimum Gasteiger partial charge on any atom is -0.458 e. The molecule has 5 aliphatic rings. The van der Waals surface area contributed by atoms with Gasteiger partial charge in [-0.25, -0.2) is 9.59 Å². The lowest BCUT2D eigenvalue weighted by atomic mass is 9.79. The Labute approximate surface area is 156 Å². The maximum Gasteiger partial charge on any atom is 0.334 e. The number of hydrogen-bond donors (Lipinski definition) is 1. The zero-order chi connectivity index (χ0) is 19.1. The van der Waals surface area contributed by atoms with Crippen molar-refractivity contribution in [3.63, 3.8) is 0 Å². The number of rotatable bonds is 2. The largest absolute Gasteiger partial charge is 0.458 e. The van der Waals surface area contributed by atoms with Gasteiger partial charge in [0, 0.05) is 23.5 Å². The van der Waals surface area contributed by atoms with E-state index in [0.29, 0.717) is 13.0 Å². The van der Waals surface area contributed by atoms with Crippen LogP contribution in [-0.4, -0.2) is 66.1 Å². The van der Waals surface area contributed by atoms with Gasteiger partial charge in [0.05, 0.1) is 24.7 Å². The molecule has 0 amide bonds. The Morgan fingerprint density at radius 3 is 2.85 bits per heavy atom. The molecule has 0 unspecified atom stereocenters. The summed E-state index contributed by atoms with van der Waals surface area (Å²) >= 11 is 0. The molecule has 8 heteroatoms. The fourth-order valence-corrected chi connectivity index (χ4v) is 4.79. The smallest absolute Gasteiger partial charge is 0.334 e. The van der Waals surface area contributed by atoms with Crippen LogP contribution in [0.25, 0.3) is 0 Å². The maximum atomic E-state index is 12.3. The van der Waals surface area contributed by atoms with Crippen molar-refractivity contribution < 1.29 is 38.4 Å². The highest BCUT2D eigenvalue weighted by Gasteiger charge is 2.70. The predicted octanol–water partition coefficient (Wildman–Crippen LogP) is 0.236. The van der Waals surface area contributed by atoms with Crippen LogP contribution in [0.5, 0.6) is 0 Å². The molecule has 5 rings (SSSR count). The number of esters is 2. The minimum absolute atomic E-state index is 0.0433. The quantitative estimate of drug-likeness (QED) is 0.414. The lowest BCUT2D eigenvalue weighted by molar-refractivity contribution is -0.167. The van der Waals surface area contributed by atoms with Gasteiger partial charge in [0.25, 0.3) is 0 Å². The standard InChI is InChI=1S/C19H22O8/c1-7(2)16(20)24-10-5-19-11(27-19)4-9(6-23-18(19)22)13-15(25-13)14-12(10)8(3)17(21)26-14/h9-15,18,22H,1,3-6H2,2H3/t9-,10-,11-,12+,13+,14-,15+,18-,19+/m0/s1. The first-order valence-corrected chi connectivity index (χ1v) is 9.21. The first-order chi connectivity index (χ1) is 12.8. The van der Waals surface area contributed by atoms with Crippen molar-refractivity contribution in [3.05, 3.63) is 24.3 Å². The molecule has 8 nitrogen and oxygen atoms in total. The Morgan fingerprint density at radius 2 is 2.11 bits per heavy atom. The van der Waals surface area contributed by atoms with Crippen molar-refractivity contribution in [2.75, 3.05) is 6.61 Å². The number of aliphatic hydroxyl groups is 1. The molecular weight excluding hydrogens is 356 g/mol. The van der Waals surface area contributed by atoms with Crippen molar-refractivity contribution >= 4 is 11.9 Å². The van der Waals surface area contributed by atoms with Gasteiger partial charge in [-0.3, -0.25) is 0 Å². The molecule has 4 saturated heterocycles. The highest BCUT2D eigenvalue weighted by molar-refractivity contribution is 5.91. The van der Waals surface area contributed by atoms with Crippen LogP contribution in [0.1, 0.15) is 19.8 Å². The van der Waals surface area contributed by atoms with Crippen LogP contribution in [0.2, 0.25) is 0 Å². The molecule has 0 radical (unpaired) electrons. The molecule has 4 heterocycles. The minimum atomic E-state index is -1.14. The summed E-state index contributed by atoms with van der Waals surface area (Å²) in [5, 5.41) is 10.6. The highest BCUT2D eigenvalue weighted by atomic mass is 16.7. The lowest BCUT2D eigenvalue weighted by Crippen LogP contribution is -2.44. The molecule has 0 aromatic rings. The van der Waals surface area contributed by atoms with Gasteiger partial charge in [0.1, 0.15) is 23.9 Å². The summed E-state index contributed by atoms with van der Waals surface area (Å²) in [6, 6.07) is 0. The summed E-state index contributed by atoms with van der Waals surface area (Å²) < 4.78 is 28.6. The third-order valence-electron chi connectivity index (χ3n) is 6.39. The summed E-state index contributed by atoms with van der Waals surface area (Å²) in [6.45, 7) is 9.37. The first kappa shape index (κ1) is 17.4. The van der Waals surface area contributed by atoms with E-state index in [1.54, 1.807) is 6.92 Å². The number of fused-ring (bicyclic) bond motifs is 5. The van der Waals surface area contributed by atoms with Gasteiger partial charge in [-0.1, -0.05) is 13.2 Å². The van der Waals surface area contributed by atoms with E-state index in [0.717, 1.165) is 0 Å². The molecule has 0 aromatic carbocycles. The van der Waals surface area contributed by atoms with Gasteiger partial charge >= 0.3 is 11.9 Å². The number of ether oxygens (including phenoxy) is 5. The van der Waals surface area contributed by atoms with Gasteiger partial charge in [-0.2, -0.15) is 0 Å². The molecule has 1 saturated carbocycles. The van der Waals surface area contributed by atoms with Crippen LogP contribution in [0.4, 0.5) is 0 Å². The van der Waals surface area contributed by atoms with Crippen LogP contribution in [0.15, 0.2) is 24.3 Å². The van der Waals surface area contributed by atoms with Crippen molar-refractivity contribution in [2.24, 2.45) is 11.8 Å². The second kappa shape index (κ2) is 5.64. The molecule has 2 bridgehead atoms. The molecule has 0 spiro atoms. The molecule has 27 heavy (non-hydrogen) atoms. The molecule has 1 N–H and O–H groups in total. The molecule has 1 aliphatic carbocycles. The maximum absolute atomic E-state index is 12.3. The normalized spacial score (nSPS) is 49.9. The van der Waals surface area contributed by atoms with Crippen LogP contribution in [-0.2, 0) is 33.3 Å². The van der Waals surface area contributed by atoms with E-state index in [2.05, 4.69) is 13.2 Å². The van der Waals surface area contributed by atoms with Crippen molar-refractivity contribution in [3.8, 4) is 0 Å². The lowest BCUT2D eigenvalue weighted by Gasteiger charge is -2.30. The Morgan fingerprint density at radius 1 is 1.33 bits per heavy atom. The first-order valence-electron chi connectivity index (χ1n) is 9.21. The molecule has 146 valence electrons. The third-order valence-corrected chi connectivity index (χ3v) is 6.39. The van der Waals surface area contributed by atoms with Crippen LogP contribution in [0, 0.1) is 11.8 Å². The summed E-state index contributed by atoms with van der Waals surface area (Å²) in [7, 11) is 0. The van der Waals surface area contributed by atoms with E-state index >= 15 is 0 Å². The van der Waals surface area contributed by atoms with Crippen LogP contribution < -0.4 is 0 Å². The van der Waals surface area contributed by atoms with Crippen molar-refractivity contribution in [2.45, 2.75) is 62.2 Å². The monoisotopic (exact) mass is 378 g/mol. The topological polar surface area (TPSA) is 107 Å². The summed E-state index contributed by atoms with van der Waals surface area (Å²) in [5.74, 6) is -1.61. The Hall–Kier alpha value is -1.74. The number of carbonyl (C=O) groups is 2. The van der Waals surface area contributed by atoms with E-state index in [-0.39, 0.29) is 41.8 Å². The van der Waals surface area contributed by atoms with Gasteiger partial charge in [0.2, 0.25) is 0 Å². The Balaban J connectivity index is 1.54. The fraction of sp³-hybridized carbons (Fsp3) is 0.684. The van der Waals surface area contributed by atoms with E-state index in [4.69, 9.17) is 23.7 Å². The van der Waals surface area contributed by atoms with Gasteiger partial charge in [-0.05, 0) is 13.3 Å². The van der Waals surface area contributed by atoms with Crippen LogP contribution in [0.3, 0.4) is 0 Å². The molecule has 0 aromatic heterocycles. The number of carbonyl (C=O) groups excluding carboxylic acids is 2. The fourth-order valence-electron chi connectivity index (χ4n) is 4.79. The summed E-state index contributed by atoms with van der Waals surface area (Å²) in [6.07, 6.45) is -2.32. The molecule has 9 atom stereocenters. The van der Waals surface area contributed by atoms with E-state index < -0.39 is 42.0 Å². The van der Waals surface area contributed by atoms with Gasteiger partial charge < -0.3 is 28.8 Å². The Kier molecular flexibility index (Phi) is 3.62. The molecular formula is C19H22O8. The second-order valence-electron chi connectivity index (χ2n) is 8.16. The second-order valence-corrected chi connectivity index (χ2v) is 8.16. The van der Waals surface area contributed by atoms with E-state index in [1.807, 2.05) is 0 Å². The van der Waals surface area contributed by atoms with E-state index in [9.17, 15) is 14.7 Å². The molecule has 5 fully saturated rings. The number of hydrogen-bond acceptors (Lipinski definition) is 8. The molecule has 4 aliphatic heterocycles. The number of aliphatic hydroxyl groups excluding tert-OH is 1. The zero-order valence-electron chi connectivity index (χ0n) is 15.0. The Bertz CT molecular complexity index is 746. The van der Waals surface area contributed by atoms with Crippen LogP contribution >= 0.6 is 0 Å². The SMILES string of the molecule is C=C(C)C(=O)O[C@H]1C[C@@]23O[C@H]2C[C@@H](CO[C@@H]3O)[C@H]2O[C@H]2[C@H]2OC(=O)C(=C)[C@@H]21. The predicted molar refractivity (Wildman–Crippen MR) is 88.2 cm³/mol. The number of epoxide rings is 2. The zero-order valence-corrected chi connectivity index (χ0v) is 15.0. The van der Waals surface area contributed by atoms with E-state index in [1.165, 1.54) is 0 Å². The van der Waals surface area contributed by atoms with Crippen molar-refractivity contribution in [1.82, 2.24) is 0 Å². The summed E-state index contributed by atoms with van der Waals surface area (Å²) in [4.78, 5) is 24.5. The summed E-state index contributed by atoms with van der Waals surface area (Å²) in [5.41, 5.74) is -0.483. The highest BCUT2D eigenvalue weighted by Crippen LogP contribution is 2.56. The average Bonchev–Trinajstić information content (AvgIpc) is 3.49. The third kappa shape index (κ3) is 2.51. The van der Waals surface area contributed by atoms with Crippen molar-refractivity contribution in [1.29, 1.82) is 0 Å². The van der Waals surface area contributed by atoms with Gasteiger partial charge in [-0.15, -0.1) is 0 Å². The van der Waals surface area contributed by atoms with Gasteiger partial charge in [0.15, 0.2) is 6.29 Å². The average molecular weight is 378 g/mol.